The summed E-state index contributed by atoms with van der Waals surface area (Å²) in [6, 6.07) is 11.0. The van der Waals surface area contributed by atoms with Crippen molar-refractivity contribution in [2.75, 3.05) is 26.2 Å². The highest BCUT2D eigenvalue weighted by Crippen LogP contribution is 2.24. The molecule has 130 valence electrons. The lowest BCUT2D eigenvalue weighted by atomic mass is 10.1. The number of morpholine rings is 1. The van der Waals surface area contributed by atoms with Crippen LogP contribution in [0, 0.1) is 0 Å². The van der Waals surface area contributed by atoms with E-state index in [-0.39, 0.29) is 30.2 Å². The van der Waals surface area contributed by atoms with E-state index in [2.05, 4.69) is 10.6 Å². The summed E-state index contributed by atoms with van der Waals surface area (Å²) < 4.78 is 5.62. The monoisotopic (exact) mass is 350 g/mol. The second-order valence-electron chi connectivity index (χ2n) is 5.81. The second-order valence-corrected chi connectivity index (χ2v) is 5.81. The molecule has 1 unspecified atom stereocenters. The Hall–Kier alpha value is -1.82. The fraction of sp³-hybridized carbons (Fsp3) is 0.389. The Labute approximate surface area is 147 Å². The van der Waals surface area contributed by atoms with Crippen LogP contribution in [0.5, 0.6) is 5.75 Å². The quantitative estimate of drug-likeness (QED) is 0.724. The zero-order valence-corrected chi connectivity index (χ0v) is 14.3. The van der Waals surface area contributed by atoms with Gasteiger partial charge in [-0.2, -0.15) is 0 Å². The van der Waals surface area contributed by atoms with Crippen LogP contribution in [0.25, 0.3) is 10.8 Å². The van der Waals surface area contributed by atoms with Crippen molar-refractivity contribution in [2.24, 2.45) is 0 Å². The fourth-order valence-electron chi connectivity index (χ4n) is 2.84. The third kappa shape index (κ3) is 4.60. The molecule has 0 saturated carbocycles. The molecule has 0 spiro atoms. The van der Waals surface area contributed by atoms with E-state index in [0.29, 0.717) is 12.1 Å². The molecule has 3 rings (SSSR count). The topological polar surface area (TPSA) is 70.6 Å². The van der Waals surface area contributed by atoms with E-state index in [4.69, 9.17) is 4.74 Å². The fourth-order valence-corrected chi connectivity index (χ4v) is 2.84. The van der Waals surface area contributed by atoms with Crippen molar-refractivity contribution in [3.05, 3.63) is 42.0 Å². The second kappa shape index (κ2) is 8.87. The third-order valence-corrected chi connectivity index (χ3v) is 4.10. The summed E-state index contributed by atoms with van der Waals surface area (Å²) in [5.41, 5.74) is 0.319. The predicted octanol–water partition coefficient (Wildman–Crippen LogP) is 2.47. The van der Waals surface area contributed by atoms with E-state index in [1.54, 1.807) is 12.1 Å². The maximum Gasteiger partial charge on any atom is 0.255 e. The summed E-state index contributed by atoms with van der Waals surface area (Å²) >= 11 is 0. The first kappa shape index (κ1) is 18.5. The van der Waals surface area contributed by atoms with Gasteiger partial charge in [-0.05, 0) is 35.7 Å². The lowest BCUT2D eigenvalue weighted by Gasteiger charge is -2.23. The van der Waals surface area contributed by atoms with Crippen LogP contribution in [-0.4, -0.2) is 43.4 Å². The number of aromatic hydroxyl groups is 1. The van der Waals surface area contributed by atoms with E-state index in [0.717, 1.165) is 43.3 Å². The molecular formula is C18H23ClN2O3. The van der Waals surface area contributed by atoms with Gasteiger partial charge in [-0.25, -0.2) is 0 Å². The van der Waals surface area contributed by atoms with Crippen LogP contribution in [0.2, 0.25) is 0 Å². The molecule has 1 amide bonds. The number of nitrogens with one attached hydrogen (secondary N) is 2. The third-order valence-electron chi connectivity index (χ3n) is 4.10. The van der Waals surface area contributed by atoms with E-state index < -0.39 is 0 Å². The number of carbonyl (C=O) groups excluding carboxylic acids is 1. The largest absolute Gasteiger partial charge is 0.507 e. The van der Waals surface area contributed by atoms with Crippen molar-refractivity contribution in [3.8, 4) is 5.75 Å². The zero-order valence-electron chi connectivity index (χ0n) is 13.5. The molecule has 1 saturated heterocycles. The summed E-state index contributed by atoms with van der Waals surface area (Å²) in [6.45, 7) is 3.11. The Bertz CT molecular complexity index is 687. The van der Waals surface area contributed by atoms with Gasteiger partial charge in [0.1, 0.15) is 5.75 Å². The number of hydrogen-bond acceptors (Lipinski definition) is 4. The Kier molecular flexibility index (Phi) is 6.85. The SMILES string of the molecule is Cl.O=C(NCCCC1CNCCO1)c1cc2ccccc2cc1O. The van der Waals surface area contributed by atoms with E-state index >= 15 is 0 Å². The first-order chi connectivity index (χ1) is 11.2. The van der Waals surface area contributed by atoms with E-state index in [9.17, 15) is 9.90 Å². The van der Waals surface area contributed by atoms with Crippen LogP contribution >= 0.6 is 12.4 Å². The molecule has 0 bridgehead atoms. The van der Waals surface area contributed by atoms with Gasteiger partial charge in [0, 0.05) is 19.6 Å². The van der Waals surface area contributed by atoms with Gasteiger partial charge in [-0.3, -0.25) is 4.79 Å². The summed E-state index contributed by atoms with van der Waals surface area (Å²) in [5, 5.41) is 18.1. The van der Waals surface area contributed by atoms with E-state index in [1.165, 1.54) is 0 Å². The molecule has 1 heterocycles. The number of ether oxygens (including phenoxy) is 1. The summed E-state index contributed by atoms with van der Waals surface area (Å²) in [6.07, 6.45) is 2.00. The summed E-state index contributed by atoms with van der Waals surface area (Å²) in [5.74, 6) is -0.225. The standard InChI is InChI=1S/C18H22N2O3.ClH/c21-17-11-14-5-2-1-4-13(14)10-16(17)18(22)20-7-3-6-15-12-19-8-9-23-15;/h1-2,4-5,10-11,15,19,21H,3,6-9,12H2,(H,20,22);1H. The number of phenols is 1. The van der Waals surface area contributed by atoms with Crippen LogP contribution in [0.15, 0.2) is 36.4 Å². The molecule has 2 aromatic carbocycles. The molecule has 0 aromatic heterocycles. The van der Waals surface area contributed by atoms with Gasteiger partial charge in [0.05, 0.1) is 18.3 Å². The highest BCUT2D eigenvalue weighted by Gasteiger charge is 2.14. The van der Waals surface area contributed by atoms with E-state index in [1.807, 2.05) is 24.3 Å². The molecular weight excluding hydrogens is 328 g/mol. The number of fused-ring (bicyclic) bond motifs is 1. The number of phenolic OH excluding ortho intramolecular Hbond substituents is 1. The molecule has 1 fully saturated rings. The maximum atomic E-state index is 12.2. The van der Waals surface area contributed by atoms with Gasteiger partial charge in [-0.15, -0.1) is 12.4 Å². The predicted molar refractivity (Wildman–Crippen MR) is 97.0 cm³/mol. The highest BCUT2D eigenvalue weighted by molar-refractivity contribution is 6.01. The Morgan fingerprint density at radius 2 is 2.04 bits per heavy atom. The molecule has 24 heavy (non-hydrogen) atoms. The molecule has 1 atom stereocenters. The summed E-state index contributed by atoms with van der Waals surface area (Å²) in [7, 11) is 0. The minimum atomic E-state index is -0.240. The van der Waals surface area contributed by atoms with Gasteiger partial charge in [0.25, 0.3) is 5.91 Å². The minimum Gasteiger partial charge on any atom is -0.507 e. The molecule has 1 aliphatic heterocycles. The molecule has 0 aliphatic carbocycles. The normalized spacial score (nSPS) is 17.2. The lowest BCUT2D eigenvalue weighted by molar-refractivity contribution is 0.0225. The number of rotatable bonds is 5. The van der Waals surface area contributed by atoms with Gasteiger partial charge < -0.3 is 20.5 Å². The number of hydrogen-bond donors (Lipinski definition) is 3. The molecule has 2 aromatic rings. The average Bonchev–Trinajstić information content (AvgIpc) is 2.59. The smallest absolute Gasteiger partial charge is 0.255 e. The zero-order chi connectivity index (χ0) is 16.1. The molecule has 5 nitrogen and oxygen atoms in total. The number of amides is 1. The Morgan fingerprint density at radius 1 is 1.29 bits per heavy atom. The van der Waals surface area contributed by atoms with Crippen LogP contribution < -0.4 is 10.6 Å². The molecule has 6 heteroatoms. The summed E-state index contributed by atoms with van der Waals surface area (Å²) in [4.78, 5) is 12.2. The van der Waals surface area contributed by atoms with Gasteiger partial charge >= 0.3 is 0 Å². The van der Waals surface area contributed by atoms with Gasteiger partial charge in [-0.1, -0.05) is 24.3 Å². The van der Waals surface area contributed by atoms with Crippen molar-refractivity contribution in [3.63, 3.8) is 0 Å². The van der Waals surface area contributed by atoms with Gasteiger partial charge in [0.2, 0.25) is 0 Å². The lowest BCUT2D eigenvalue weighted by Crippen LogP contribution is -2.38. The molecule has 0 radical (unpaired) electrons. The number of carbonyl (C=O) groups is 1. The van der Waals surface area contributed by atoms with Crippen molar-refractivity contribution < 1.29 is 14.6 Å². The first-order valence-corrected chi connectivity index (χ1v) is 8.06. The average molecular weight is 351 g/mol. The minimum absolute atomic E-state index is 0. The Balaban J connectivity index is 0.00000208. The maximum absolute atomic E-state index is 12.2. The number of halogens is 1. The van der Waals surface area contributed by atoms with Crippen molar-refractivity contribution >= 4 is 29.1 Å². The van der Waals surface area contributed by atoms with Crippen molar-refractivity contribution in [1.82, 2.24) is 10.6 Å². The molecule has 3 N–H and O–H groups in total. The van der Waals surface area contributed by atoms with Crippen LogP contribution in [0.4, 0.5) is 0 Å². The highest BCUT2D eigenvalue weighted by atomic mass is 35.5. The first-order valence-electron chi connectivity index (χ1n) is 8.06. The van der Waals surface area contributed by atoms with Crippen LogP contribution in [0.3, 0.4) is 0 Å². The van der Waals surface area contributed by atoms with Crippen molar-refractivity contribution in [1.29, 1.82) is 0 Å². The van der Waals surface area contributed by atoms with Crippen molar-refractivity contribution in [2.45, 2.75) is 18.9 Å². The molecule has 1 aliphatic rings. The number of benzene rings is 2. The Morgan fingerprint density at radius 3 is 2.75 bits per heavy atom. The van der Waals surface area contributed by atoms with Gasteiger partial charge in [0.15, 0.2) is 0 Å². The van der Waals surface area contributed by atoms with Crippen LogP contribution in [0.1, 0.15) is 23.2 Å². The van der Waals surface area contributed by atoms with Crippen LogP contribution in [-0.2, 0) is 4.74 Å².